The summed E-state index contributed by atoms with van der Waals surface area (Å²) < 4.78 is 13.4. The maximum Gasteiger partial charge on any atom is 0.274 e. The summed E-state index contributed by atoms with van der Waals surface area (Å²) in [4.78, 5) is 15.6. The second-order valence-electron chi connectivity index (χ2n) is 3.56. The van der Waals surface area contributed by atoms with E-state index in [0.29, 0.717) is 10.7 Å². The van der Waals surface area contributed by atoms with Gasteiger partial charge in [0, 0.05) is 11.9 Å². The van der Waals surface area contributed by atoms with Crippen LogP contribution in [-0.2, 0) is 0 Å². The van der Waals surface area contributed by atoms with E-state index in [1.807, 2.05) is 0 Å². The van der Waals surface area contributed by atoms with Crippen LogP contribution in [0.15, 0.2) is 36.5 Å². The van der Waals surface area contributed by atoms with Crippen LogP contribution in [0.3, 0.4) is 0 Å². The molecule has 0 aliphatic heterocycles. The van der Waals surface area contributed by atoms with Gasteiger partial charge in [-0.25, -0.2) is 9.37 Å². The minimum Gasteiger partial charge on any atom is -0.399 e. The number of aromatic nitrogens is 1. The number of hydrogen-bond acceptors (Lipinski definition) is 3. The van der Waals surface area contributed by atoms with E-state index >= 15 is 0 Å². The van der Waals surface area contributed by atoms with Crippen molar-refractivity contribution in [3.63, 3.8) is 0 Å². The van der Waals surface area contributed by atoms with Gasteiger partial charge >= 0.3 is 0 Å². The molecule has 0 aliphatic rings. The van der Waals surface area contributed by atoms with E-state index in [2.05, 4.69) is 10.3 Å². The van der Waals surface area contributed by atoms with Crippen LogP contribution in [0.4, 0.5) is 15.8 Å². The fourth-order valence-corrected chi connectivity index (χ4v) is 1.45. The Kier molecular flexibility index (Phi) is 3.43. The van der Waals surface area contributed by atoms with Gasteiger partial charge in [-0.1, -0.05) is 11.6 Å². The third kappa shape index (κ3) is 2.75. The van der Waals surface area contributed by atoms with Crippen LogP contribution >= 0.6 is 11.6 Å². The Balaban J connectivity index is 2.21. The van der Waals surface area contributed by atoms with Crippen molar-refractivity contribution in [2.75, 3.05) is 11.1 Å². The lowest BCUT2D eigenvalue weighted by molar-refractivity contribution is 0.102. The first-order valence-corrected chi connectivity index (χ1v) is 5.42. The number of halogens is 2. The zero-order chi connectivity index (χ0) is 13.1. The molecule has 92 valence electrons. The highest BCUT2D eigenvalue weighted by atomic mass is 35.5. The Bertz CT molecular complexity index is 586. The molecular weight excluding hydrogens is 257 g/mol. The van der Waals surface area contributed by atoms with Crippen LogP contribution in [0.5, 0.6) is 0 Å². The third-order valence-electron chi connectivity index (χ3n) is 2.20. The van der Waals surface area contributed by atoms with E-state index < -0.39 is 11.7 Å². The highest BCUT2D eigenvalue weighted by Crippen LogP contribution is 2.18. The zero-order valence-corrected chi connectivity index (χ0v) is 9.91. The molecule has 0 bridgehead atoms. The van der Waals surface area contributed by atoms with Gasteiger partial charge in [-0.3, -0.25) is 4.79 Å². The Morgan fingerprint density at radius 2 is 2.11 bits per heavy atom. The molecule has 0 fully saturated rings. The SMILES string of the molecule is Nc1ccc(F)c(NC(=O)c2ccc(Cl)cn2)c1. The van der Waals surface area contributed by atoms with Crippen molar-refractivity contribution >= 4 is 28.9 Å². The number of carbonyl (C=O) groups is 1. The Morgan fingerprint density at radius 1 is 1.33 bits per heavy atom. The fraction of sp³-hybridized carbons (Fsp3) is 0. The van der Waals surface area contributed by atoms with E-state index in [-0.39, 0.29) is 11.4 Å². The summed E-state index contributed by atoms with van der Waals surface area (Å²) in [5, 5.41) is 2.81. The number of anilines is 2. The molecule has 0 spiro atoms. The van der Waals surface area contributed by atoms with Crippen LogP contribution in [0.1, 0.15) is 10.5 Å². The molecule has 0 unspecified atom stereocenters. The van der Waals surface area contributed by atoms with Crippen molar-refractivity contribution in [2.45, 2.75) is 0 Å². The first-order valence-electron chi connectivity index (χ1n) is 5.04. The molecule has 18 heavy (non-hydrogen) atoms. The smallest absolute Gasteiger partial charge is 0.274 e. The molecule has 1 aromatic carbocycles. The van der Waals surface area contributed by atoms with Gasteiger partial charge in [0.25, 0.3) is 5.91 Å². The van der Waals surface area contributed by atoms with Gasteiger partial charge in [0.05, 0.1) is 10.7 Å². The third-order valence-corrected chi connectivity index (χ3v) is 2.42. The molecule has 0 atom stereocenters. The molecule has 3 N–H and O–H groups in total. The van der Waals surface area contributed by atoms with E-state index in [9.17, 15) is 9.18 Å². The topological polar surface area (TPSA) is 68.0 Å². The minimum absolute atomic E-state index is 0.0109. The van der Waals surface area contributed by atoms with Gasteiger partial charge in [0.15, 0.2) is 0 Å². The number of carbonyl (C=O) groups excluding carboxylic acids is 1. The molecule has 1 amide bonds. The van der Waals surface area contributed by atoms with Gasteiger partial charge < -0.3 is 11.1 Å². The number of nitrogens with zero attached hydrogens (tertiary/aromatic N) is 1. The normalized spacial score (nSPS) is 10.1. The summed E-state index contributed by atoms with van der Waals surface area (Å²) in [7, 11) is 0. The Hall–Kier alpha value is -2.14. The van der Waals surface area contributed by atoms with Gasteiger partial charge in [-0.15, -0.1) is 0 Å². The van der Waals surface area contributed by atoms with Crippen molar-refractivity contribution in [3.05, 3.63) is 53.1 Å². The summed E-state index contributed by atoms with van der Waals surface area (Å²) in [6.45, 7) is 0. The summed E-state index contributed by atoms with van der Waals surface area (Å²) >= 11 is 5.65. The van der Waals surface area contributed by atoms with Gasteiger partial charge in [-0.05, 0) is 30.3 Å². The van der Waals surface area contributed by atoms with Crippen molar-refractivity contribution < 1.29 is 9.18 Å². The summed E-state index contributed by atoms with van der Waals surface area (Å²) in [6, 6.07) is 6.90. The first kappa shape index (κ1) is 12.3. The minimum atomic E-state index is -0.563. The fourth-order valence-electron chi connectivity index (χ4n) is 1.34. The van der Waals surface area contributed by atoms with Crippen molar-refractivity contribution in [1.29, 1.82) is 0 Å². The largest absolute Gasteiger partial charge is 0.399 e. The van der Waals surface area contributed by atoms with E-state index in [0.717, 1.165) is 0 Å². The van der Waals surface area contributed by atoms with Gasteiger partial charge in [0.1, 0.15) is 11.5 Å². The number of nitrogens with two attached hydrogens (primary N) is 1. The number of pyridine rings is 1. The highest BCUT2D eigenvalue weighted by Gasteiger charge is 2.10. The summed E-state index contributed by atoms with van der Waals surface area (Å²) in [6.07, 6.45) is 1.34. The quantitative estimate of drug-likeness (QED) is 0.821. The molecule has 0 aliphatic carbocycles. The van der Waals surface area contributed by atoms with Gasteiger partial charge in [0.2, 0.25) is 0 Å². The molecule has 2 aromatic rings. The van der Waals surface area contributed by atoms with Crippen LogP contribution < -0.4 is 11.1 Å². The average molecular weight is 266 g/mol. The number of rotatable bonds is 2. The first-order chi connectivity index (χ1) is 8.56. The van der Waals surface area contributed by atoms with Crippen molar-refractivity contribution in [2.24, 2.45) is 0 Å². The monoisotopic (exact) mass is 265 g/mol. The van der Waals surface area contributed by atoms with Crippen molar-refractivity contribution in [3.8, 4) is 0 Å². The second-order valence-corrected chi connectivity index (χ2v) is 3.99. The maximum atomic E-state index is 13.4. The highest BCUT2D eigenvalue weighted by molar-refractivity contribution is 6.30. The molecule has 4 nitrogen and oxygen atoms in total. The van der Waals surface area contributed by atoms with Gasteiger partial charge in [-0.2, -0.15) is 0 Å². The number of amides is 1. The number of hydrogen-bond donors (Lipinski definition) is 2. The number of nitrogens with one attached hydrogen (secondary N) is 1. The Morgan fingerprint density at radius 3 is 2.78 bits per heavy atom. The van der Waals surface area contributed by atoms with E-state index in [1.165, 1.54) is 36.5 Å². The van der Waals surface area contributed by atoms with Crippen LogP contribution in [0.2, 0.25) is 5.02 Å². The predicted octanol–water partition coefficient (Wildman–Crippen LogP) is 2.71. The predicted molar refractivity (Wildman–Crippen MR) is 68.0 cm³/mol. The summed E-state index contributed by atoms with van der Waals surface area (Å²) in [5.74, 6) is -1.09. The van der Waals surface area contributed by atoms with Crippen LogP contribution in [0.25, 0.3) is 0 Å². The molecular formula is C12H9ClFN3O. The average Bonchev–Trinajstić information content (AvgIpc) is 2.34. The zero-order valence-electron chi connectivity index (χ0n) is 9.15. The summed E-state index contributed by atoms with van der Waals surface area (Å²) in [5.41, 5.74) is 6.02. The number of benzene rings is 1. The second kappa shape index (κ2) is 5.01. The Labute approximate surface area is 108 Å². The lowest BCUT2D eigenvalue weighted by Crippen LogP contribution is -2.14. The van der Waals surface area contributed by atoms with Crippen molar-refractivity contribution in [1.82, 2.24) is 4.98 Å². The molecule has 0 saturated heterocycles. The molecule has 0 radical (unpaired) electrons. The molecule has 6 heteroatoms. The molecule has 1 heterocycles. The van der Waals surface area contributed by atoms with E-state index in [4.69, 9.17) is 17.3 Å². The molecule has 1 aromatic heterocycles. The lowest BCUT2D eigenvalue weighted by Gasteiger charge is -2.06. The van der Waals surface area contributed by atoms with Crippen LogP contribution in [0, 0.1) is 5.82 Å². The standard InChI is InChI=1S/C12H9ClFN3O/c13-7-1-4-10(16-6-7)12(18)17-11-5-8(15)2-3-9(11)14/h1-6H,15H2,(H,17,18). The van der Waals surface area contributed by atoms with E-state index in [1.54, 1.807) is 0 Å². The van der Waals surface area contributed by atoms with Crippen LogP contribution in [-0.4, -0.2) is 10.9 Å². The lowest BCUT2D eigenvalue weighted by atomic mass is 10.2. The maximum absolute atomic E-state index is 13.4. The molecule has 0 saturated carbocycles. The molecule has 2 rings (SSSR count). The number of nitrogen functional groups attached to an aromatic ring is 1.